The van der Waals surface area contributed by atoms with Crippen LogP contribution in [0.15, 0.2) is 78.9 Å². The molecule has 0 heterocycles. The van der Waals surface area contributed by atoms with E-state index in [1.54, 1.807) is 0 Å². The van der Waals surface area contributed by atoms with Crippen LogP contribution >= 0.6 is 12.4 Å². The molecule has 0 aliphatic carbocycles. The Morgan fingerprint density at radius 2 is 1.22 bits per heavy atom. The van der Waals surface area contributed by atoms with E-state index in [4.69, 9.17) is 15.2 Å². The van der Waals surface area contributed by atoms with E-state index in [1.165, 1.54) is 0 Å². The van der Waals surface area contributed by atoms with Gasteiger partial charge in [0.1, 0.15) is 13.2 Å². The lowest BCUT2D eigenvalue weighted by molar-refractivity contribution is 0.255. The van der Waals surface area contributed by atoms with Crippen LogP contribution in [0.2, 0.25) is 0 Å². The lowest BCUT2D eigenvalue weighted by atomic mass is 10.1. The van der Waals surface area contributed by atoms with Crippen molar-refractivity contribution in [3.05, 3.63) is 95.6 Å². The van der Waals surface area contributed by atoms with E-state index in [9.17, 15) is 0 Å². The minimum atomic E-state index is 0. The van der Waals surface area contributed by atoms with Crippen LogP contribution in [0.5, 0.6) is 11.5 Å². The van der Waals surface area contributed by atoms with E-state index in [-0.39, 0.29) is 18.4 Å². The minimum Gasteiger partial charge on any atom is -0.485 e. The van der Waals surface area contributed by atoms with Crippen LogP contribution in [0.4, 0.5) is 0 Å². The first-order chi connectivity index (χ1) is 12.7. The first kappa shape index (κ1) is 20.8. The van der Waals surface area contributed by atoms with Gasteiger partial charge in [0.15, 0.2) is 11.5 Å². The molecule has 0 aliphatic rings. The SMILES string of the molecule is CC(N)Cc1ccc(OCc2ccccc2)c(OCc2ccccc2)c1.Cl. The summed E-state index contributed by atoms with van der Waals surface area (Å²) in [7, 11) is 0. The third kappa shape index (κ3) is 6.63. The van der Waals surface area contributed by atoms with Gasteiger partial charge in [0.25, 0.3) is 0 Å². The molecular weight excluding hydrogens is 358 g/mol. The van der Waals surface area contributed by atoms with E-state index < -0.39 is 0 Å². The highest BCUT2D eigenvalue weighted by molar-refractivity contribution is 5.85. The van der Waals surface area contributed by atoms with Gasteiger partial charge in [0.2, 0.25) is 0 Å². The molecule has 3 aromatic rings. The van der Waals surface area contributed by atoms with Crippen LogP contribution in [0.1, 0.15) is 23.6 Å². The van der Waals surface area contributed by atoms with Crippen LogP contribution in [-0.4, -0.2) is 6.04 Å². The standard InChI is InChI=1S/C23H25NO2.ClH/c1-18(24)14-21-12-13-22(25-16-19-8-4-2-5-9-19)23(15-21)26-17-20-10-6-3-7-11-20;/h2-13,15,18H,14,16-17,24H2,1H3;1H. The zero-order chi connectivity index (χ0) is 18.2. The summed E-state index contributed by atoms with van der Waals surface area (Å²) in [4.78, 5) is 0. The molecule has 0 amide bonds. The minimum absolute atomic E-state index is 0. The highest BCUT2D eigenvalue weighted by Crippen LogP contribution is 2.30. The molecule has 0 saturated heterocycles. The van der Waals surface area contributed by atoms with E-state index in [0.29, 0.717) is 13.2 Å². The lowest BCUT2D eigenvalue weighted by Gasteiger charge is -2.15. The van der Waals surface area contributed by atoms with Crippen molar-refractivity contribution in [2.24, 2.45) is 5.73 Å². The van der Waals surface area contributed by atoms with Crippen LogP contribution in [-0.2, 0) is 19.6 Å². The van der Waals surface area contributed by atoms with Gasteiger partial charge in [-0.25, -0.2) is 0 Å². The van der Waals surface area contributed by atoms with Gasteiger partial charge in [0.05, 0.1) is 0 Å². The monoisotopic (exact) mass is 383 g/mol. The lowest BCUT2D eigenvalue weighted by Crippen LogP contribution is -2.17. The van der Waals surface area contributed by atoms with Gasteiger partial charge >= 0.3 is 0 Å². The molecule has 1 unspecified atom stereocenters. The fourth-order valence-electron chi connectivity index (χ4n) is 2.75. The Hall–Kier alpha value is -2.49. The molecule has 3 nitrogen and oxygen atoms in total. The second-order valence-electron chi connectivity index (χ2n) is 6.51. The topological polar surface area (TPSA) is 44.5 Å². The summed E-state index contributed by atoms with van der Waals surface area (Å²) >= 11 is 0. The van der Waals surface area contributed by atoms with Crippen molar-refractivity contribution in [2.45, 2.75) is 32.6 Å². The molecule has 3 rings (SSSR count). The van der Waals surface area contributed by atoms with Gasteiger partial charge < -0.3 is 15.2 Å². The van der Waals surface area contributed by atoms with Gasteiger partial charge in [-0.1, -0.05) is 66.7 Å². The molecule has 2 N–H and O–H groups in total. The Kier molecular flexibility index (Phi) is 8.18. The van der Waals surface area contributed by atoms with E-state index >= 15 is 0 Å². The number of ether oxygens (including phenoxy) is 2. The fraction of sp³-hybridized carbons (Fsp3) is 0.217. The van der Waals surface area contributed by atoms with Gasteiger partial charge in [-0.3, -0.25) is 0 Å². The maximum absolute atomic E-state index is 6.07. The average Bonchev–Trinajstić information content (AvgIpc) is 2.67. The van der Waals surface area contributed by atoms with Crippen LogP contribution in [0.25, 0.3) is 0 Å². The van der Waals surface area contributed by atoms with Crippen molar-refractivity contribution in [2.75, 3.05) is 0 Å². The molecule has 0 radical (unpaired) electrons. The van der Waals surface area contributed by atoms with Gasteiger partial charge in [-0.15, -0.1) is 12.4 Å². The highest BCUT2D eigenvalue weighted by Gasteiger charge is 2.09. The van der Waals surface area contributed by atoms with Crippen molar-refractivity contribution in [1.82, 2.24) is 0 Å². The molecule has 4 heteroatoms. The third-order valence-corrected chi connectivity index (χ3v) is 4.04. The number of benzene rings is 3. The van der Waals surface area contributed by atoms with Crippen LogP contribution in [0, 0.1) is 0 Å². The van der Waals surface area contributed by atoms with Crippen LogP contribution < -0.4 is 15.2 Å². The molecule has 27 heavy (non-hydrogen) atoms. The molecule has 0 saturated carbocycles. The molecule has 1 atom stereocenters. The average molecular weight is 384 g/mol. The van der Waals surface area contributed by atoms with E-state index in [1.807, 2.05) is 55.5 Å². The van der Waals surface area contributed by atoms with Crippen molar-refractivity contribution in [1.29, 1.82) is 0 Å². The Morgan fingerprint density at radius 1 is 0.704 bits per heavy atom. The zero-order valence-corrected chi connectivity index (χ0v) is 16.3. The number of halogens is 1. The molecule has 0 aromatic heterocycles. The smallest absolute Gasteiger partial charge is 0.161 e. The molecule has 3 aromatic carbocycles. The normalized spacial score (nSPS) is 11.3. The van der Waals surface area contributed by atoms with Gasteiger partial charge in [0, 0.05) is 6.04 Å². The number of hydrogen-bond acceptors (Lipinski definition) is 3. The summed E-state index contributed by atoms with van der Waals surface area (Å²) < 4.78 is 12.1. The van der Waals surface area contributed by atoms with E-state index in [0.717, 1.165) is 34.6 Å². The van der Waals surface area contributed by atoms with Crippen molar-refractivity contribution in [3.63, 3.8) is 0 Å². The molecule has 0 bridgehead atoms. The zero-order valence-electron chi connectivity index (χ0n) is 15.5. The summed E-state index contributed by atoms with van der Waals surface area (Å²) in [5, 5.41) is 0. The van der Waals surface area contributed by atoms with Crippen molar-refractivity contribution < 1.29 is 9.47 Å². The predicted octanol–water partition coefficient (Wildman–Crippen LogP) is 5.16. The molecule has 0 fully saturated rings. The predicted molar refractivity (Wildman–Crippen MR) is 113 cm³/mol. The van der Waals surface area contributed by atoms with Crippen LogP contribution in [0.3, 0.4) is 0 Å². The Labute approximate surface area is 167 Å². The number of rotatable bonds is 8. The van der Waals surface area contributed by atoms with Gasteiger partial charge in [-0.05, 0) is 42.2 Å². The first-order valence-electron chi connectivity index (χ1n) is 8.92. The number of hydrogen-bond donors (Lipinski definition) is 1. The fourth-order valence-corrected chi connectivity index (χ4v) is 2.75. The van der Waals surface area contributed by atoms with Crippen molar-refractivity contribution >= 4 is 12.4 Å². The molecule has 0 spiro atoms. The van der Waals surface area contributed by atoms with Crippen molar-refractivity contribution in [3.8, 4) is 11.5 Å². The first-order valence-corrected chi connectivity index (χ1v) is 8.92. The maximum Gasteiger partial charge on any atom is 0.161 e. The summed E-state index contributed by atoms with van der Waals surface area (Å²) in [6.07, 6.45) is 0.806. The second-order valence-corrected chi connectivity index (χ2v) is 6.51. The van der Waals surface area contributed by atoms with E-state index in [2.05, 4.69) is 30.3 Å². The molecular formula is C23H26ClNO2. The Morgan fingerprint density at radius 3 is 1.74 bits per heavy atom. The molecule has 142 valence electrons. The second kappa shape index (κ2) is 10.6. The highest BCUT2D eigenvalue weighted by atomic mass is 35.5. The van der Waals surface area contributed by atoms with Gasteiger partial charge in [-0.2, -0.15) is 0 Å². The third-order valence-electron chi connectivity index (χ3n) is 4.04. The Bertz CT molecular complexity index is 807. The summed E-state index contributed by atoms with van der Waals surface area (Å²) in [5.74, 6) is 1.50. The quantitative estimate of drug-likeness (QED) is 0.584. The Balaban J connectivity index is 0.00000261. The summed E-state index contributed by atoms with van der Waals surface area (Å²) in [6, 6.07) is 26.4. The summed E-state index contributed by atoms with van der Waals surface area (Å²) in [5.41, 5.74) is 9.34. The molecule has 0 aliphatic heterocycles. The largest absolute Gasteiger partial charge is 0.485 e. The maximum atomic E-state index is 6.07. The number of nitrogens with two attached hydrogens (primary N) is 1. The summed E-state index contributed by atoms with van der Waals surface area (Å²) in [6.45, 7) is 3.02.